The number of nitro groups is 1. The van der Waals surface area contributed by atoms with Gasteiger partial charge < -0.3 is 4.74 Å². The molecule has 0 saturated heterocycles. The number of aromatic nitrogens is 1. The lowest BCUT2D eigenvalue weighted by molar-refractivity contribution is -0.384. The summed E-state index contributed by atoms with van der Waals surface area (Å²) in [5.41, 5.74) is 1.67. The fraction of sp³-hybridized carbons (Fsp3) is 0.111. The van der Waals surface area contributed by atoms with Crippen molar-refractivity contribution in [2.24, 2.45) is 0 Å². The highest BCUT2D eigenvalue weighted by Gasteiger charge is 2.12. The van der Waals surface area contributed by atoms with Gasteiger partial charge >= 0.3 is 0 Å². The Hall–Kier alpha value is -3.26. The first-order valence-corrected chi connectivity index (χ1v) is 8.69. The summed E-state index contributed by atoms with van der Waals surface area (Å²) in [4.78, 5) is 27.1. The Morgan fingerprint density at radius 3 is 2.73 bits per heavy atom. The minimum atomic E-state index is -0.454. The van der Waals surface area contributed by atoms with Crippen LogP contribution in [0.25, 0.3) is 11.3 Å². The number of benzene rings is 2. The number of non-ortho nitro benzene ring substituents is 1. The number of carbonyl (C=O) groups is 1. The number of ether oxygens (including phenoxy) is 1. The van der Waals surface area contributed by atoms with Gasteiger partial charge in [0.25, 0.3) is 11.6 Å². The van der Waals surface area contributed by atoms with Crippen LogP contribution >= 0.6 is 11.3 Å². The van der Waals surface area contributed by atoms with Gasteiger partial charge in [0, 0.05) is 28.6 Å². The second-order valence-electron chi connectivity index (χ2n) is 5.26. The van der Waals surface area contributed by atoms with Gasteiger partial charge in [-0.15, -0.1) is 11.3 Å². The molecule has 3 aromatic rings. The van der Waals surface area contributed by atoms with Gasteiger partial charge in [0.2, 0.25) is 0 Å². The lowest BCUT2D eigenvalue weighted by atomic mass is 10.1. The van der Waals surface area contributed by atoms with Crippen molar-refractivity contribution in [3.05, 3.63) is 69.6 Å². The molecule has 0 fully saturated rings. The first-order chi connectivity index (χ1) is 12.6. The molecule has 7 nitrogen and oxygen atoms in total. The molecule has 0 radical (unpaired) electrons. The monoisotopic (exact) mass is 369 g/mol. The van der Waals surface area contributed by atoms with E-state index in [1.165, 1.54) is 23.5 Å². The summed E-state index contributed by atoms with van der Waals surface area (Å²) in [6.45, 7) is 2.45. The van der Waals surface area contributed by atoms with Crippen LogP contribution in [-0.4, -0.2) is 22.4 Å². The zero-order chi connectivity index (χ0) is 18.5. The topological polar surface area (TPSA) is 94.4 Å². The van der Waals surface area contributed by atoms with Crippen LogP contribution in [0.4, 0.5) is 10.8 Å². The molecule has 1 N–H and O–H groups in total. The van der Waals surface area contributed by atoms with Gasteiger partial charge in [0.1, 0.15) is 5.75 Å². The summed E-state index contributed by atoms with van der Waals surface area (Å²) in [7, 11) is 0. The molecule has 1 heterocycles. The molecular formula is C18H15N3O4S. The lowest BCUT2D eigenvalue weighted by Crippen LogP contribution is -2.11. The predicted molar refractivity (Wildman–Crippen MR) is 99.8 cm³/mol. The van der Waals surface area contributed by atoms with Crippen LogP contribution in [0, 0.1) is 10.1 Å². The van der Waals surface area contributed by atoms with Gasteiger partial charge in [-0.2, -0.15) is 0 Å². The number of hydrogen-bond donors (Lipinski definition) is 1. The fourth-order valence-electron chi connectivity index (χ4n) is 2.28. The normalized spacial score (nSPS) is 10.3. The summed E-state index contributed by atoms with van der Waals surface area (Å²) in [6, 6.07) is 13.0. The Labute approximate surface area is 153 Å². The molecule has 8 heteroatoms. The van der Waals surface area contributed by atoms with Gasteiger partial charge in [0.05, 0.1) is 17.2 Å². The van der Waals surface area contributed by atoms with Crippen molar-refractivity contribution < 1.29 is 14.5 Å². The predicted octanol–water partition coefficient (Wildman–Crippen LogP) is 4.37. The van der Waals surface area contributed by atoms with E-state index in [0.717, 1.165) is 0 Å². The molecule has 26 heavy (non-hydrogen) atoms. The van der Waals surface area contributed by atoms with Gasteiger partial charge in [-0.25, -0.2) is 4.98 Å². The molecule has 0 unspecified atom stereocenters. The van der Waals surface area contributed by atoms with Crippen molar-refractivity contribution in [3.8, 4) is 17.0 Å². The van der Waals surface area contributed by atoms with E-state index >= 15 is 0 Å². The van der Waals surface area contributed by atoms with Crippen molar-refractivity contribution >= 4 is 28.1 Å². The second-order valence-corrected chi connectivity index (χ2v) is 6.11. The molecule has 0 aliphatic heterocycles. The van der Waals surface area contributed by atoms with E-state index in [9.17, 15) is 14.9 Å². The molecule has 1 amide bonds. The smallest absolute Gasteiger partial charge is 0.270 e. The molecule has 1 aromatic heterocycles. The first-order valence-electron chi connectivity index (χ1n) is 7.81. The number of nitrogens with one attached hydrogen (secondary N) is 1. The third-order valence-electron chi connectivity index (χ3n) is 3.50. The van der Waals surface area contributed by atoms with Crippen LogP contribution in [0.5, 0.6) is 5.75 Å². The van der Waals surface area contributed by atoms with E-state index in [0.29, 0.717) is 34.3 Å². The van der Waals surface area contributed by atoms with E-state index in [1.807, 2.05) is 6.92 Å². The zero-order valence-electron chi connectivity index (χ0n) is 13.8. The van der Waals surface area contributed by atoms with Gasteiger partial charge in [0.15, 0.2) is 5.13 Å². The Bertz CT molecular complexity index is 938. The SMILES string of the molecule is CCOc1ccc(C(=O)Nc2nc(-c3cccc([N+](=O)[O-])c3)cs2)cc1. The Balaban J connectivity index is 1.72. The minimum Gasteiger partial charge on any atom is -0.494 e. The Morgan fingerprint density at radius 2 is 2.04 bits per heavy atom. The summed E-state index contributed by atoms with van der Waals surface area (Å²) >= 11 is 1.26. The second kappa shape index (κ2) is 7.75. The number of thiazole rings is 1. The Morgan fingerprint density at radius 1 is 1.27 bits per heavy atom. The lowest BCUT2D eigenvalue weighted by Gasteiger charge is -2.04. The van der Waals surface area contributed by atoms with Gasteiger partial charge in [-0.3, -0.25) is 20.2 Å². The number of rotatable bonds is 6. The molecule has 0 saturated carbocycles. The summed E-state index contributed by atoms with van der Waals surface area (Å²) in [5.74, 6) is 0.416. The largest absolute Gasteiger partial charge is 0.494 e. The van der Waals surface area contributed by atoms with Crippen LogP contribution < -0.4 is 10.1 Å². The van der Waals surface area contributed by atoms with Crippen molar-refractivity contribution in [2.75, 3.05) is 11.9 Å². The summed E-state index contributed by atoms with van der Waals surface area (Å²) < 4.78 is 5.35. The van der Waals surface area contributed by atoms with E-state index in [2.05, 4.69) is 10.3 Å². The maximum absolute atomic E-state index is 12.3. The number of nitrogens with zero attached hydrogens (tertiary/aromatic N) is 2. The Kier molecular flexibility index (Phi) is 5.23. The third kappa shape index (κ3) is 4.04. The van der Waals surface area contributed by atoms with Gasteiger partial charge in [-0.1, -0.05) is 12.1 Å². The number of nitro benzene ring substituents is 1. The molecule has 0 spiro atoms. The molecular weight excluding hydrogens is 354 g/mol. The number of amides is 1. The van der Waals surface area contributed by atoms with E-state index in [4.69, 9.17) is 4.74 Å². The molecule has 0 aliphatic rings. The molecule has 0 aliphatic carbocycles. The highest BCUT2D eigenvalue weighted by atomic mass is 32.1. The van der Waals surface area contributed by atoms with E-state index in [-0.39, 0.29) is 11.6 Å². The van der Waals surface area contributed by atoms with Crippen molar-refractivity contribution in [3.63, 3.8) is 0 Å². The highest BCUT2D eigenvalue weighted by molar-refractivity contribution is 7.14. The zero-order valence-corrected chi connectivity index (χ0v) is 14.7. The standard InChI is InChI=1S/C18H15N3O4S/c1-2-25-15-8-6-12(7-9-15)17(22)20-18-19-16(11-26-18)13-4-3-5-14(10-13)21(23)24/h3-11H,2H2,1H3,(H,19,20,22). The number of carbonyl (C=O) groups excluding carboxylic acids is 1. The molecule has 2 aromatic carbocycles. The average Bonchev–Trinajstić information content (AvgIpc) is 3.11. The maximum Gasteiger partial charge on any atom is 0.270 e. The van der Waals surface area contributed by atoms with Crippen molar-refractivity contribution in [1.82, 2.24) is 4.98 Å². The summed E-state index contributed by atoms with van der Waals surface area (Å²) in [5, 5.41) is 15.8. The third-order valence-corrected chi connectivity index (χ3v) is 4.26. The maximum atomic E-state index is 12.3. The quantitative estimate of drug-likeness (QED) is 0.514. The minimum absolute atomic E-state index is 0.00419. The summed E-state index contributed by atoms with van der Waals surface area (Å²) in [6.07, 6.45) is 0. The first kappa shape index (κ1) is 17.6. The van der Waals surface area contributed by atoms with Crippen LogP contribution in [0.2, 0.25) is 0 Å². The number of anilines is 1. The van der Waals surface area contributed by atoms with Crippen LogP contribution in [0.3, 0.4) is 0 Å². The van der Waals surface area contributed by atoms with E-state index < -0.39 is 4.92 Å². The van der Waals surface area contributed by atoms with Crippen molar-refractivity contribution in [1.29, 1.82) is 0 Å². The van der Waals surface area contributed by atoms with E-state index in [1.54, 1.807) is 41.8 Å². The van der Waals surface area contributed by atoms with Gasteiger partial charge in [-0.05, 0) is 31.2 Å². The highest BCUT2D eigenvalue weighted by Crippen LogP contribution is 2.27. The van der Waals surface area contributed by atoms with Crippen molar-refractivity contribution in [2.45, 2.75) is 6.92 Å². The van der Waals surface area contributed by atoms with Crippen LogP contribution in [0.15, 0.2) is 53.9 Å². The molecule has 132 valence electrons. The molecule has 0 bridgehead atoms. The molecule has 0 atom stereocenters. The average molecular weight is 369 g/mol. The van der Waals surface area contributed by atoms with Crippen LogP contribution in [-0.2, 0) is 0 Å². The fourth-order valence-corrected chi connectivity index (χ4v) is 3.00. The molecule has 3 rings (SSSR count). The number of hydrogen-bond acceptors (Lipinski definition) is 6. The van der Waals surface area contributed by atoms with Crippen LogP contribution in [0.1, 0.15) is 17.3 Å².